The number of nitrogens with one attached hydrogen (secondary N) is 1. The van der Waals surface area contributed by atoms with Crippen molar-refractivity contribution in [3.8, 4) is 0 Å². The summed E-state index contributed by atoms with van der Waals surface area (Å²) in [6, 6.07) is 7.18. The van der Waals surface area contributed by atoms with Gasteiger partial charge >= 0.3 is 0 Å². The van der Waals surface area contributed by atoms with Crippen molar-refractivity contribution in [2.45, 2.75) is 77.3 Å². The fourth-order valence-electron chi connectivity index (χ4n) is 3.51. The maximum Gasteiger partial charge on any atom is 0.179 e. The number of ketones is 1. The second-order valence-corrected chi connectivity index (χ2v) is 8.34. The Balaban J connectivity index is 2.04. The third kappa shape index (κ3) is 6.27. The van der Waals surface area contributed by atoms with Crippen LogP contribution in [0.1, 0.15) is 76.1 Å². The van der Waals surface area contributed by atoms with Gasteiger partial charge in [-0.1, -0.05) is 55.8 Å². The Morgan fingerprint density at radius 2 is 1.96 bits per heavy atom. The molecular formula is C20H30ClNO. The molecule has 1 aromatic carbocycles. The largest absolute Gasteiger partial charge is 0.302 e. The smallest absolute Gasteiger partial charge is 0.179 e. The van der Waals surface area contributed by atoms with Crippen LogP contribution in [0.4, 0.5) is 0 Å². The van der Waals surface area contributed by atoms with Crippen LogP contribution < -0.4 is 5.32 Å². The molecule has 2 nitrogen and oxygen atoms in total. The van der Waals surface area contributed by atoms with Crippen LogP contribution in [0.2, 0.25) is 5.02 Å². The van der Waals surface area contributed by atoms with Gasteiger partial charge in [0.25, 0.3) is 0 Å². The molecule has 1 unspecified atom stereocenters. The minimum Gasteiger partial charge on any atom is -0.302 e. The van der Waals surface area contributed by atoms with Crippen LogP contribution in [-0.4, -0.2) is 17.4 Å². The number of halogens is 1. The molecule has 0 radical (unpaired) electrons. The molecule has 1 aliphatic rings. The van der Waals surface area contributed by atoms with Gasteiger partial charge in [-0.05, 0) is 51.7 Å². The lowest BCUT2D eigenvalue weighted by atomic mass is 9.84. The molecule has 0 amide bonds. The first-order valence-electron chi connectivity index (χ1n) is 8.92. The molecular weight excluding hydrogens is 306 g/mol. The number of carbonyl (C=O) groups is 1. The monoisotopic (exact) mass is 335 g/mol. The van der Waals surface area contributed by atoms with Crippen molar-refractivity contribution in [1.29, 1.82) is 0 Å². The molecule has 1 atom stereocenters. The number of carbonyl (C=O) groups excluding carboxylic acids is 1. The van der Waals surface area contributed by atoms with E-state index in [1.807, 2.05) is 18.2 Å². The number of Topliss-reactive ketones (excluding diaryl/α,β-unsaturated/α-hetero) is 1. The summed E-state index contributed by atoms with van der Waals surface area (Å²) < 4.78 is 0. The normalized spacial score (nSPS) is 17.9. The SMILES string of the molecule is CC(C)(C)NC(CCC1CCCCC1)C(=O)c1cccc(Cl)c1. The zero-order valence-corrected chi connectivity index (χ0v) is 15.5. The Morgan fingerprint density at radius 1 is 1.26 bits per heavy atom. The predicted octanol–water partition coefficient (Wildman–Crippen LogP) is 5.64. The highest BCUT2D eigenvalue weighted by molar-refractivity contribution is 6.31. The molecule has 0 spiro atoms. The third-order valence-corrected chi connectivity index (χ3v) is 4.86. The summed E-state index contributed by atoms with van der Waals surface area (Å²) >= 11 is 6.05. The first-order chi connectivity index (χ1) is 10.8. The number of hydrogen-bond donors (Lipinski definition) is 1. The van der Waals surface area contributed by atoms with Gasteiger partial charge in [0.05, 0.1) is 6.04 Å². The van der Waals surface area contributed by atoms with Crippen LogP contribution in [-0.2, 0) is 0 Å². The van der Waals surface area contributed by atoms with Crippen molar-refractivity contribution in [3.63, 3.8) is 0 Å². The molecule has 3 heteroatoms. The maximum absolute atomic E-state index is 12.9. The Morgan fingerprint density at radius 3 is 2.57 bits per heavy atom. The Bertz CT molecular complexity index is 515. The topological polar surface area (TPSA) is 29.1 Å². The first kappa shape index (κ1) is 18.5. The molecule has 1 N–H and O–H groups in total. The van der Waals surface area contributed by atoms with Crippen LogP contribution in [0.15, 0.2) is 24.3 Å². The third-order valence-electron chi connectivity index (χ3n) is 4.62. The highest BCUT2D eigenvalue weighted by atomic mass is 35.5. The standard InChI is InChI=1S/C20H30ClNO/c1-20(2,3)22-18(13-12-15-8-5-4-6-9-15)19(23)16-10-7-11-17(21)14-16/h7,10-11,14-15,18,22H,4-6,8-9,12-13H2,1-3H3. The molecule has 0 saturated heterocycles. The molecule has 0 heterocycles. The van der Waals surface area contributed by atoms with Crippen LogP contribution in [0.25, 0.3) is 0 Å². The second-order valence-electron chi connectivity index (χ2n) is 7.90. The van der Waals surface area contributed by atoms with E-state index in [1.54, 1.807) is 6.07 Å². The molecule has 1 fully saturated rings. The summed E-state index contributed by atoms with van der Waals surface area (Å²) in [6.45, 7) is 6.35. The van der Waals surface area contributed by atoms with E-state index in [1.165, 1.54) is 32.1 Å². The number of benzene rings is 1. The maximum atomic E-state index is 12.9. The molecule has 0 aliphatic heterocycles. The Hall–Kier alpha value is -0.860. The van der Waals surface area contributed by atoms with E-state index in [9.17, 15) is 4.79 Å². The van der Waals surface area contributed by atoms with Crippen molar-refractivity contribution < 1.29 is 4.79 Å². The van der Waals surface area contributed by atoms with E-state index in [2.05, 4.69) is 26.1 Å². The number of rotatable bonds is 6. The van der Waals surface area contributed by atoms with Crippen molar-refractivity contribution in [3.05, 3.63) is 34.9 Å². The zero-order chi connectivity index (χ0) is 16.9. The van der Waals surface area contributed by atoms with Gasteiger partial charge in [-0.2, -0.15) is 0 Å². The van der Waals surface area contributed by atoms with Gasteiger partial charge in [0.2, 0.25) is 0 Å². The van der Waals surface area contributed by atoms with Gasteiger partial charge in [0.1, 0.15) is 0 Å². The summed E-state index contributed by atoms with van der Waals surface area (Å²) in [5.74, 6) is 0.957. The Labute approximate surface area is 146 Å². The van der Waals surface area contributed by atoms with E-state index in [0.29, 0.717) is 10.6 Å². The summed E-state index contributed by atoms with van der Waals surface area (Å²) in [7, 11) is 0. The molecule has 0 bridgehead atoms. The molecule has 0 aromatic heterocycles. The van der Waals surface area contributed by atoms with Crippen LogP contribution >= 0.6 is 11.6 Å². The average molecular weight is 336 g/mol. The Kier molecular flexibility index (Phi) is 6.67. The fraction of sp³-hybridized carbons (Fsp3) is 0.650. The highest BCUT2D eigenvalue weighted by Gasteiger charge is 2.26. The summed E-state index contributed by atoms with van der Waals surface area (Å²) in [5, 5.41) is 4.14. The van der Waals surface area contributed by atoms with Crippen LogP contribution in [0.3, 0.4) is 0 Å². The van der Waals surface area contributed by atoms with E-state index < -0.39 is 0 Å². The lowest BCUT2D eigenvalue weighted by molar-refractivity contribution is 0.0913. The molecule has 1 aliphatic carbocycles. The zero-order valence-electron chi connectivity index (χ0n) is 14.7. The van der Waals surface area contributed by atoms with Gasteiger partial charge in [0.15, 0.2) is 5.78 Å². The average Bonchev–Trinajstić information content (AvgIpc) is 2.50. The van der Waals surface area contributed by atoms with Gasteiger partial charge in [-0.3, -0.25) is 4.79 Å². The lowest BCUT2D eigenvalue weighted by Crippen LogP contribution is -2.48. The quantitative estimate of drug-likeness (QED) is 0.681. The van der Waals surface area contributed by atoms with Crippen molar-refractivity contribution in [1.82, 2.24) is 5.32 Å². The van der Waals surface area contributed by atoms with Gasteiger partial charge in [-0.15, -0.1) is 0 Å². The van der Waals surface area contributed by atoms with Gasteiger partial charge in [-0.25, -0.2) is 0 Å². The summed E-state index contributed by atoms with van der Waals surface area (Å²) in [5.41, 5.74) is 0.633. The highest BCUT2D eigenvalue weighted by Crippen LogP contribution is 2.28. The fourth-order valence-corrected chi connectivity index (χ4v) is 3.70. The van der Waals surface area contributed by atoms with Crippen molar-refractivity contribution >= 4 is 17.4 Å². The van der Waals surface area contributed by atoms with Gasteiger partial charge in [0, 0.05) is 16.1 Å². The molecule has 128 valence electrons. The van der Waals surface area contributed by atoms with E-state index >= 15 is 0 Å². The minimum absolute atomic E-state index is 0.0779. The lowest BCUT2D eigenvalue weighted by Gasteiger charge is -2.30. The van der Waals surface area contributed by atoms with Crippen molar-refractivity contribution in [2.75, 3.05) is 0 Å². The molecule has 1 aromatic rings. The number of hydrogen-bond acceptors (Lipinski definition) is 2. The molecule has 2 rings (SSSR count). The van der Waals surface area contributed by atoms with E-state index in [-0.39, 0.29) is 17.4 Å². The molecule has 23 heavy (non-hydrogen) atoms. The van der Waals surface area contributed by atoms with E-state index in [0.717, 1.165) is 18.8 Å². The second kappa shape index (κ2) is 8.30. The van der Waals surface area contributed by atoms with Gasteiger partial charge < -0.3 is 5.32 Å². The van der Waals surface area contributed by atoms with Crippen LogP contribution in [0.5, 0.6) is 0 Å². The predicted molar refractivity (Wildman–Crippen MR) is 98.3 cm³/mol. The van der Waals surface area contributed by atoms with Crippen molar-refractivity contribution in [2.24, 2.45) is 5.92 Å². The molecule has 1 saturated carbocycles. The minimum atomic E-state index is -0.129. The van der Waals surface area contributed by atoms with Crippen LogP contribution in [0, 0.1) is 5.92 Å². The van der Waals surface area contributed by atoms with E-state index in [4.69, 9.17) is 11.6 Å². The summed E-state index contributed by atoms with van der Waals surface area (Å²) in [6.07, 6.45) is 8.78. The first-order valence-corrected chi connectivity index (χ1v) is 9.30. The summed E-state index contributed by atoms with van der Waals surface area (Å²) in [4.78, 5) is 12.9.